The first-order chi connectivity index (χ1) is 9.26. The van der Waals surface area contributed by atoms with Crippen molar-refractivity contribution in [1.82, 2.24) is 4.98 Å². The first-order valence-corrected chi connectivity index (χ1v) is 8.60. The topological polar surface area (TPSA) is 103 Å². The van der Waals surface area contributed by atoms with E-state index in [1.54, 1.807) is 6.92 Å². The predicted octanol–water partition coefficient (Wildman–Crippen LogP) is 2.10. The third kappa shape index (κ3) is 2.49. The van der Waals surface area contributed by atoms with Crippen LogP contribution in [0.15, 0.2) is 9.00 Å². The monoisotopic (exact) mass is 329 g/mol. The lowest BCUT2D eigenvalue weighted by Gasteiger charge is -2.04. The molecule has 0 saturated carbocycles. The second-order valence-electron chi connectivity index (χ2n) is 4.13. The summed E-state index contributed by atoms with van der Waals surface area (Å²) in [5.41, 5.74) is 1.36. The van der Waals surface area contributed by atoms with Gasteiger partial charge >= 0.3 is 4.87 Å². The third-order valence-electron chi connectivity index (χ3n) is 2.75. The number of nitriles is 1. The number of aryl methyl sites for hydroxylation is 2. The molecule has 0 atom stereocenters. The van der Waals surface area contributed by atoms with E-state index in [-0.39, 0.29) is 14.9 Å². The van der Waals surface area contributed by atoms with E-state index in [1.807, 2.05) is 13.0 Å². The lowest BCUT2D eigenvalue weighted by Crippen LogP contribution is -2.12. The van der Waals surface area contributed by atoms with E-state index >= 15 is 0 Å². The van der Waals surface area contributed by atoms with Gasteiger partial charge in [0, 0.05) is 10.6 Å². The minimum absolute atomic E-state index is 0.0601. The average Bonchev–Trinajstić information content (AvgIpc) is 2.80. The number of H-pyrrole nitrogens is 1. The summed E-state index contributed by atoms with van der Waals surface area (Å²) in [5.74, 6) is 0. The van der Waals surface area contributed by atoms with E-state index in [0.29, 0.717) is 16.9 Å². The van der Waals surface area contributed by atoms with Gasteiger partial charge in [-0.3, -0.25) is 9.52 Å². The summed E-state index contributed by atoms with van der Waals surface area (Å²) in [6.45, 7) is 5.10. The summed E-state index contributed by atoms with van der Waals surface area (Å²) in [6, 6.07) is 2.00. The van der Waals surface area contributed by atoms with Crippen molar-refractivity contribution < 1.29 is 8.42 Å². The van der Waals surface area contributed by atoms with Gasteiger partial charge in [-0.05, 0) is 26.3 Å². The van der Waals surface area contributed by atoms with Crippen LogP contribution < -0.4 is 9.60 Å². The van der Waals surface area contributed by atoms with Gasteiger partial charge in [-0.25, -0.2) is 8.42 Å². The molecular weight excluding hydrogens is 318 g/mol. The molecule has 2 aromatic rings. The zero-order valence-corrected chi connectivity index (χ0v) is 13.3. The fourth-order valence-electron chi connectivity index (χ4n) is 1.65. The minimum atomic E-state index is -3.86. The summed E-state index contributed by atoms with van der Waals surface area (Å²) in [7, 11) is -3.86. The van der Waals surface area contributed by atoms with E-state index in [4.69, 9.17) is 5.26 Å². The van der Waals surface area contributed by atoms with Crippen molar-refractivity contribution in [2.24, 2.45) is 0 Å². The normalized spacial score (nSPS) is 11.3. The van der Waals surface area contributed by atoms with Crippen LogP contribution in [0.2, 0.25) is 0 Å². The molecule has 9 heteroatoms. The Hall–Kier alpha value is -1.63. The number of rotatable bonds is 3. The van der Waals surface area contributed by atoms with Crippen molar-refractivity contribution in [3.8, 4) is 6.07 Å². The van der Waals surface area contributed by atoms with Crippen LogP contribution in [0, 0.1) is 32.1 Å². The van der Waals surface area contributed by atoms with E-state index in [0.717, 1.165) is 10.4 Å². The second-order valence-corrected chi connectivity index (χ2v) is 8.22. The number of aromatic amines is 1. The van der Waals surface area contributed by atoms with Gasteiger partial charge in [0.25, 0.3) is 10.0 Å². The van der Waals surface area contributed by atoms with Crippen LogP contribution in [-0.2, 0) is 10.0 Å². The van der Waals surface area contributed by atoms with Crippen molar-refractivity contribution in [3.63, 3.8) is 0 Å². The van der Waals surface area contributed by atoms with Crippen molar-refractivity contribution >= 4 is 37.7 Å². The Labute approximate surface area is 123 Å². The molecule has 6 nitrogen and oxygen atoms in total. The third-order valence-corrected chi connectivity index (χ3v) is 6.96. The Kier molecular flexibility index (Phi) is 3.73. The summed E-state index contributed by atoms with van der Waals surface area (Å²) >= 11 is 1.83. The van der Waals surface area contributed by atoms with E-state index in [1.165, 1.54) is 18.3 Å². The highest BCUT2D eigenvalue weighted by Crippen LogP contribution is 2.33. The number of nitrogens with zero attached hydrogens (tertiary/aromatic N) is 1. The summed E-state index contributed by atoms with van der Waals surface area (Å²) < 4.78 is 26.9. The molecule has 0 spiro atoms. The minimum Gasteiger partial charge on any atom is -0.315 e. The molecule has 0 amide bonds. The quantitative estimate of drug-likeness (QED) is 0.900. The molecule has 2 heterocycles. The number of thiazole rings is 1. The van der Waals surface area contributed by atoms with E-state index in [2.05, 4.69) is 9.71 Å². The highest BCUT2D eigenvalue weighted by Gasteiger charge is 2.24. The zero-order chi connectivity index (χ0) is 15.1. The average molecular weight is 329 g/mol. The maximum atomic E-state index is 12.3. The van der Waals surface area contributed by atoms with Gasteiger partial charge in [0.2, 0.25) is 0 Å². The van der Waals surface area contributed by atoms with Crippen LogP contribution in [0.3, 0.4) is 0 Å². The summed E-state index contributed by atoms with van der Waals surface area (Å²) in [4.78, 5) is 14.1. The number of nitrogens with one attached hydrogen (secondary N) is 2. The predicted molar refractivity (Wildman–Crippen MR) is 79.0 cm³/mol. The fourth-order valence-corrected chi connectivity index (χ4v) is 5.27. The number of sulfonamides is 1. The van der Waals surface area contributed by atoms with Crippen molar-refractivity contribution in [3.05, 3.63) is 31.4 Å². The largest absolute Gasteiger partial charge is 0.315 e. The van der Waals surface area contributed by atoms with Gasteiger partial charge < -0.3 is 4.98 Å². The molecule has 20 heavy (non-hydrogen) atoms. The molecule has 0 unspecified atom stereocenters. The highest BCUT2D eigenvalue weighted by atomic mass is 32.2. The summed E-state index contributed by atoms with van der Waals surface area (Å²) in [5, 5.41) is 9.39. The molecule has 2 aromatic heterocycles. The molecule has 0 aliphatic rings. The van der Waals surface area contributed by atoms with Gasteiger partial charge in [-0.1, -0.05) is 11.3 Å². The van der Waals surface area contributed by atoms with Gasteiger partial charge in [0.15, 0.2) is 4.21 Å². The number of hydrogen-bond donors (Lipinski definition) is 2. The SMILES string of the molecule is Cc1[nH]c(=O)sc1S(=O)(=O)Nc1sc(C)c(C)c1C#N. The Balaban J connectivity index is 2.50. The lowest BCUT2D eigenvalue weighted by molar-refractivity contribution is 0.602. The first-order valence-electron chi connectivity index (χ1n) is 5.49. The Morgan fingerprint density at radius 3 is 2.40 bits per heavy atom. The van der Waals surface area contributed by atoms with Crippen molar-refractivity contribution in [1.29, 1.82) is 5.26 Å². The number of aromatic nitrogens is 1. The van der Waals surface area contributed by atoms with Gasteiger partial charge in [-0.2, -0.15) is 5.26 Å². The molecule has 106 valence electrons. The van der Waals surface area contributed by atoms with Crippen LogP contribution >= 0.6 is 22.7 Å². The highest BCUT2D eigenvalue weighted by molar-refractivity contribution is 7.94. The molecule has 0 saturated heterocycles. The molecule has 0 aromatic carbocycles. The standard InChI is InChI=1S/C11H11N3O3S3/c1-5-7(3)18-9(8(5)4-12)14-20(16,17)10-6(2)13-11(15)19-10/h14H,1-3H3,(H,13,15). The zero-order valence-electron chi connectivity index (χ0n) is 10.9. The summed E-state index contributed by atoms with van der Waals surface area (Å²) in [6.07, 6.45) is 0. The maximum absolute atomic E-state index is 12.3. The molecule has 2 rings (SSSR count). The van der Waals surface area contributed by atoms with E-state index < -0.39 is 14.9 Å². The molecule has 0 fully saturated rings. The van der Waals surface area contributed by atoms with Crippen LogP contribution in [0.1, 0.15) is 21.7 Å². The molecule has 0 aliphatic heterocycles. The Bertz CT molecular complexity index is 865. The second kappa shape index (κ2) is 5.05. The molecule has 0 aliphatic carbocycles. The number of anilines is 1. The van der Waals surface area contributed by atoms with E-state index in [9.17, 15) is 13.2 Å². The van der Waals surface area contributed by atoms with Gasteiger partial charge in [-0.15, -0.1) is 11.3 Å². The smallest absolute Gasteiger partial charge is 0.306 e. The number of hydrogen-bond acceptors (Lipinski definition) is 6. The lowest BCUT2D eigenvalue weighted by atomic mass is 10.2. The molecular formula is C11H11N3O3S3. The van der Waals surface area contributed by atoms with Crippen LogP contribution in [0.4, 0.5) is 5.00 Å². The van der Waals surface area contributed by atoms with Crippen LogP contribution in [0.25, 0.3) is 0 Å². The van der Waals surface area contributed by atoms with Crippen LogP contribution in [-0.4, -0.2) is 13.4 Å². The van der Waals surface area contributed by atoms with Crippen LogP contribution in [0.5, 0.6) is 0 Å². The Morgan fingerprint density at radius 1 is 1.25 bits per heavy atom. The van der Waals surface area contributed by atoms with Crippen molar-refractivity contribution in [2.45, 2.75) is 25.0 Å². The fraction of sp³-hybridized carbons (Fsp3) is 0.273. The molecule has 0 bridgehead atoms. The maximum Gasteiger partial charge on any atom is 0.306 e. The Morgan fingerprint density at radius 2 is 1.90 bits per heavy atom. The molecule has 2 N–H and O–H groups in total. The van der Waals surface area contributed by atoms with Gasteiger partial charge in [0.05, 0.1) is 5.56 Å². The van der Waals surface area contributed by atoms with Crippen molar-refractivity contribution in [2.75, 3.05) is 4.72 Å². The first kappa shape index (κ1) is 14.8. The number of thiophene rings is 1. The molecule has 0 radical (unpaired) electrons. The van der Waals surface area contributed by atoms with Gasteiger partial charge in [0.1, 0.15) is 11.1 Å².